The molecule has 0 spiro atoms. The first kappa shape index (κ1) is 13.3. The molecule has 1 aromatic heterocycles. The van der Waals surface area contributed by atoms with Crippen LogP contribution in [-0.2, 0) is 0 Å². The van der Waals surface area contributed by atoms with Crippen LogP contribution in [0.25, 0.3) is 0 Å². The van der Waals surface area contributed by atoms with E-state index in [9.17, 15) is 0 Å². The number of anilines is 3. The zero-order valence-corrected chi connectivity index (χ0v) is 12.1. The third-order valence-electron chi connectivity index (χ3n) is 2.55. The first-order valence-electron chi connectivity index (χ1n) is 5.60. The fraction of sp³-hybridized carbons (Fsp3) is 0.154. The molecule has 0 aliphatic heterocycles. The van der Waals surface area contributed by atoms with Crippen LogP contribution in [0.2, 0.25) is 0 Å². The molecule has 0 amide bonds. The first-order chi connectivity index (χ1) is 9.10. The minimum atomic E-state index is 0.492. The van der Waals surface area contributed by atoms with Crippen molar-refractivity contribution in [3.63, 3.8) is 0 Å². The first-order valence-corrected chi connectivity index (χ1v) is 6.39. The molecule has 0 radical (unpaired) electrons. The molecule has 2 aromatic rings. The van der Waals surface area contributed by atoms with Crippen LogP contribution in [0.3, 0.4) is 0 Å². The monoisotopic (exact) mass is 317 g/mol. The van der Waals surface area contributed by atoms with Gasteiger partial charge in [0.2, 0.25) is 0 Å². The molecule has 96 valence electrons. The number of benzene rings is 1. The molecule has 0 fully saturated rings. The van der Waals surface area contributed by atoms with E-state index in [-0.39, 0.29) is 0 Å². The van der Waals surface area contributed by atoms with Gasteiger partial charge in [0.05, 0.1) is 0 Å². The van der Waals surface area contributed by atoms with Gasteiger partial charge in [-0.15, -0.1) is 0 Å². The number of nitrogens with one attached hydrogen (secondary N) is 1. The molecule has 0 atom stereocenters. The highest BCUT2D eigenvalue weighted by Crippen LogP contribution is 2.25. The Bertz CT molecular complexity index is 635. The molecule has 5 nitrogen and oxygen atoms in total. The molecule has 0 saturated heterocycles. The molecular formula is C13H12BrN5. The SMILES string of the molecule is Cc1nc(NC#N)cc(N(C)c2cccc(Br)c2)n1. The largest absolute Gasteiger partial charge is 0.329 e. The Labute approximate surface area is 120 Å². The lowest BCUT2D eigenvalue weighted by atomic mass is 10.3. The summed E-state index contributed by atoms with van der Waals surface area (Å²) in [6.45, 7) is 1.79. The number of aromatic nitrogens is 2. The number of nitriles is 1. The Morgan fingerprint density at radius 2 is 2.11 bits per heavy atom. The van der Waals surface area contributed by atoms with Crippen molar-refractivity contribution < 1.29 is 0 Å². The maximum atomic E-state index is 8.65. The summed E-state index contributed by atoms with van der Waals surface area (Å²) in [6.07, 6.45) is 1.86. The van der Waals surface area contributed by atoms with E-state index >= 15 is 0 Å². The number of hydrogen-bond donors (Lipinski definition) is 1. The third kappa shape index (κ3) is 3.20. The maximum Gasteiger partial charge on any atom is 0.182 e. The fourth-order valence-electron chi connectivity index (χ4n) is 1.66. The van der Waals surface area contributed by atoms with E-state index < -0.39 is 0 Å². The van der Waals surface area contributed by atoms with Crippen LogP contribution in [-0.4, -0.2) is 17.0 Å². The summed E-state index contributed by atoms with van der Waals surface area (Å²) in [6, 6.07) is 9.63. The van der Waals surface area contributed by atoms with Crippen molar-refractivity contribution >= 4 is 33.3 Å². The van der Waals surface area contributed by atoms with Gasteiger partial charge in [-0.2, -0.15) is 5.26 Å². The Morgan fingerprint density at radius 1 is 1.32 bits per heavy atom. The van der Waals surface area contributed by atoms with E-state index in [4.69, 9.17) is 5.26 Å². The second-order valence-corrected chi connectivity index (χ2v) is 4.85. The van der Waals surface area contributed by atoms with Gasteiger partial charge in [-0.3, -0.25) is 5.32 Å². The smallest absolute Gasteiger partial charge is 0.182 e. The van der Waals surface area contributed by atoms with Gasteiger partial charge in [-0.1, -0.05) is 22.0 Å². The van der Waals surface area contributed by atoms with Crippen molar-refractivity contribution in [3.05, 3.63) is 40.6 Å². The van der Waals surface area contributed by atoms with E-state index in [0.29, 0.717) is 11.6 Å². The normalized spacial score (nSPS) is 9.79. The van der Waals surface area contributed by atoms with Crippen LogP contribution in [0.15, 0.2) is 34.8 Å². The highest BCUT2D eigenvalue weighted by atomic mass is 79.9. The molecule has 1 aromatic carbocycles. The number of nitrogens with zero attached hydrogens (tertiary/aromatic N) is 4. The molecule has 0 aliphatic carbocycles. The second-order valence-electron chi connectivity index (χ2n) is 3.93. The third-order valence-corrected chi connectivity index (χ3v) is 3.04. The summed E-state index contributed by atoms with van der Waals surface area (Å²) in [5.41, 5.74) is 0.996. The standard InChI is InChI=1S/C13H12BrN5/c1-9-17-12(16-8-15)7-13(18-9)19(2)11-5-3-4-10(14)6-11/h3-7H,1-2H3,(H,16,17,18). The predicted molar refractivity (Wildman–Crippen MR) is 78.2 cm³/mol. The van der Waals surface area contributed by atoms with Crippen LogP contribution in [0.5, 0.6) is 0 Å². The Hall–Kier alpha value is -2.13. The van der Waals surface area contributed by atoms with Crippen LogP contribution in [0.1, 0.15) is 5.82 Å². The molecule has 1 heterocycles. The molecule has 0 bridgehead atoms. The quantitative estimate of drug-likeness (QED) is 0.695. The van der Waals surface area contributed by atoms with Crippen LogP contribution in [0, 0.1) is 18.4 Å². The minimum absolute atomic E-state index is 0.492. The topological polar surface area (TPSA) is 64.8 Å². The zero-order valence-electron chi connectivity index (χ0n) is 10.6. The summed E-state index contributed by atoms with van der Waals surface area (Å²) in [5.74, 6) is 1.83. The average molecular weight is 318 g/mol. The van der Waals surface area contributed by atoms with Gasteiger partial charge < -0.3 is 4.90 Å². The Balaban J connectivity index is 2.38. The van der Waals surface area contributed by atoms with Crippen molar-refractivity contribution in [2.75, 3.05) is 17.3 Å². The van der Waals surface area contributed by atoms with Gasteiger partial charge in [-0.25, -0.2) is 9.97 Å². The zero-order chi connectivity index (χ0) is 13.8. The van der Waals surface area contributed by atoms with Crippen LogP contribution < -0.4 is 10.2 Å². The van der Waals surface area contributed by atoms with Gasteiger partial charge in [0, 0.05) is 23.3 Å². The molecule has 0 unspecified atom stereocenters. The molecule has 19 heavy (non-hydrogen) atoms. The van der Waals surface area contributed by atoms with Crippen LogP contribution >= 0.6 is 15.9 Å². The van der Waals surface area contributed by atoms with E-state index in [1.165, 1.54) is 0 Å². The van der Waals surface area contributed by atoms with Crippen molar-refractivity contribution in [2.24, 2.45) is 0 Å². The summed E-state index contributed by atoms with van der Waals surface area (Å²) in [4.78, 5) is 10.4. The highest BCUT2D eigenvalue weighted by Gasteiger charge is 2.08. The van der Waals surface area contributed by atoms with Crippen molar-refractivity contribution in [2.45, 2.75) is 6.92 Å². The number of halogens is 1. The Morgan fingerprint density at radius 3 is 2.79 bits per heavy atom. The van der Waals surface area contributed by atoms with Gasteiger partial charge in [-0.05, 0) is 25.1 Å². The lowest BCUT2D eigenvalue weighted by Gasteiger charge is -2.19. The minimum Gasteiger partial charge on any atom is -0.329 e. The van der Waals surface area contributed by atoms with Gasteiger partial charge in [0.15, 0.2) is 6.19 Å². The van der Waals surface area contributed by atoms with Crippen molar-refractivity contribution in [3.8, 4) is 6.19 Å². The van der Waals surface area contributed by atoms with Crippen molar-refractivity contribution in [1.82, 2.24) is 9.97 Å². The highest BCUT2D eigenvalue weighted by molar-refractivity contribution is 9.10. The molecule has 0 saturated carbocycles. The molecule has 2 rings (SSSR count). The van der Waals surface area contributed by atoms with Crippen LogP contribution in [0.4, 0.5) is 17.3 Å². The van der Waals surface area contributed by atoms with E-state index in [2.05, 4.69) is 31.2 Å². The lowest BCUT2D eigenvalue weighted by Crippen LogP contribution is -2.12. The summed E-state index contributed by atoms with van der Waals surface area (Å²) in [5, 5.41) is 11.2. The maximum absolute atomic E-state index is 8.65. The number of hydrogen-bond acceptors (Lipinski definition) is 5. The fourth-order valence-corrected chi connectivity index (χ4v) is 2.05. The van der Waals surface area contributed by atoms with Gasteiger partial charge in [0.1, 0.15) is 17.5 Å². The Kier molecular flexibility index (Phi) is 3.97. The van der Waals surface area contributed by atoms with E-state index in [0.717, 1.165) is 16.0 Å². The lowest BCUT2D eigenvalue weighted by molar-refractivity contribution is 1.02. The van der Waals surface area contributed by atoms with E-state index in [1.54, 1.807) is 13.0 Å². The second kappa shape index (κ2) is 5.67. The molecule has 1 N–H and O–H groups in total. The molecule has 0 aliphatic rings. The van der Waals surface area contributed by atoms with Gasteiger partial charge in [0.25, 0.3) is 0 Å². The molecular weight excluding hydrogens is 306 g/mol. The number of rotatable bonds is 3. The average Bonchev–Trinajstić information content (AvgIpc) is 2.37. The van der Waals surface area contributed by atoms with Crippen molar-refractivity contribution in [1.29, 1.82) is 5.26 Å². The van der Waals surface area contributed by atoms with E-state index in [1.807, 2.05) is 42.4 Å². The predicted octanol–water partition coefficient (Wildman–Crippen LogP) is 3.21. The number of aryl methyl sites for hydroxylation is 1. The summed E-state index contributed by atoms with van der Waals surface area (Å²) >= 11 is 3.44. The summed E-state index contributed by atoms with van der Waals surface area (Å²) in [7, 11) is 1.92. The van der Waals surface area contributed by atoms with Gasteiger partial charge >= 0.3 is 0 Å². The molecule has 6 heteroatoms. The summed E-state index contributed by atoms with van der Waals surface area (Å²) < 4.78 is 0.998.